The van der Waals surface area contributed by atoms with Crippen LogP contribution in [-0.4, -0.2) is 53.8 Å². The second-order valence-electron chi connectivity index (χ2n) is 7.99. The maximum atomic E-state index is 15.0. The Bertz CT molecular complexity index is 937. The van der Waals surface area contributed by atoms with Crippen molar-refractivity contribution in [3.05, 3.63) is 28.6 Å². The van der Waals surface area contributed by atoms with Gasteiger partial charge in [-0.3, -0.25) is 19.7 Å². The molecule has 154 valence electrons. The zero-order chi connectivity index (χ0) is 20.4. The molecule has 29 heavy (non-hydrogen) atoms. The van der Waals surface area contributed by atoms with Crippen molar-refractivity contribution in [2.24, 2.45) is 0 Å². The maximum Gasteiger partial charge on any atom is 0.258 e. The first-order chi connectivity index (χ1) is 13.9. The molecule has 1 aromatic carbocycles. The van der Waals surface area contributed by atoms with Gasteiger partial charge in [-0.05, 0) is 19.3 Å². The van der Waals surface area contributed by atoms with E-state index in [9.17, 15) is 27.6 Å². The molecule has 0 aliphatic carbocycles. The summed E-state index contributed by atoms with van der Waals surface area (Å²) in [6, 6.07) is -1.13. The Labute approximate surface area is 164 Å². The molecule has 7 nitrogen and oxygen atoms in total. The summed E-state index contributed by atoms with van der Waals surface area (Å²) in [4.78, 5) is 39.4. The van der Waals surface area contributed by atoms with Crippen LogP contribution in [0.2, 0.25) is 0 Å². The Morgan fingerprint density at radius 3 is 2.24 bits per heavy atom. The van der Waals surface area contributed by atoms with Crippen LogP contribution in [0.1, 0.15) is 41.6 Å². The largest absolute Gasteiger partial charge is 0.360 e. The van der Waals surface area contributed by atoms with Gasteiger partial charge in [-0.1, -0.05) is 0 Å². The first kappa shape index (κ1) is 18.4. The molecule has 0 aromatic heterocycles. The number of amides is 3. The van der Waals surface area contributed by atoms with Crippen molar-refractivity contribution in [1.29, 1.82) is 0 Å². The quantitative estimate of drug-likeness (QED) is 0.559. The first-order valence-corrected chi connectivity index (χ1v) is 9.71. The highest BCUT2D eigenvalue weighted by Crippen LogP contribution is 2.43. The molecule has 4 aliphatic heterocycles. The molecule has 2 bridgehead atoms. The Morgan fingerprint density at radius 2 is 1.59 bits per heavy atom. The normalized spacial score (nSPS) is 28.8. The van der Waals surface area contributed by atoms with E-state index in [4.69, 9.17) is 0 Å². The fourth-order valence-electron chi connectivity index (χ4n) is 5.10. The highest BCUT2D eigenvalue weighted by Gasteiger charge is 2.47. The zero-order valence-corrected chi connectivity index (χ0v) is 15.4. The second-order valence-corrected chi connectivity index (χ2v) is 7.99. The Balaban J connectivity index is 1.60. The van der Waals surface area contributed by atoms with Crippen molar-refractivity contribution in [1.82, 2.24) is 15.5 Å². The summed E-state index contributed by atoms with van der Waals surface area (Å²) in [5.74, 6) is -6.45. The minimum Gasteiger partial charge on any atom is -0.360 e. The number of hydrogen-bond acceptors (Lipinski definition) is 5. The summed E-state index contributed by atoms with van der Waals surface area (Å²) in [6.07, 6.45) is 1.70. The summed E-state index contributed by atoms with van der Waals surface area (Å²) in [6.45, 7) is 0.982. The predicted octanol–water partition coefficient (Wildman–Crippen LogP) is 0.805. The van der Waals surface area contributed by atoms with Crippen LogP contribution in [0.15, 0.2) is 0 Å². The van der Waals surface area contributed by atoms with Gasteiger partial charge in [-0.25, -0.2) is 13.2 Å². The van der Waals surface area contributed by atoms with Gasteiger partial charge in [-0.15, -0.1) is 0 Å². The molecule has 3 saturated heterocycles. The molecule has 4 aliphatic rings. The van der Waals surface area contributed by atoms with Gasteiger partial charge in [0.15, 0.2) is 17.5 Å². The fourth-order valence-corrected chi connectivity index (χ4v) is 5.10. The number of hydrogen-bond donors (Lipinski definition) is 2. The van der Waals surface area contributed by atoms with E-state index in [0.29, 0.717) is 13.1 Å². The number of piperidine rings is 1. The third kappa shape index (κ3) is 2.58. The summed E-state index contributed by atoms with van der Waals surface area (Å²) in [5, 5.41) is 5.41. The molecule has 10 heteroatoms. The third-order valence-corrected chi connectivity index (χ3v) is 6.43. The Kier molecular flexibility index (Phi) is 4.09. The number of nitrogens with one attached hydrogen (secondary N) is 2. The lowest BCUT2D eigenvalue weighted by atomic mass is 10.0. The monoisotopic (exact) mass is 408 g/mol. The first-order valence-electron chi connectivity index (χ1n) is 9.71. The van der Waals surface area contributed by atoms with Crippen molar-refractivity contribution in [3.63, 3.8) is 0 Å². The van der Waals surface area contributed by atoms with Crippen LogP contribution in [0.4, 0.5) is 18.9 Å². The molecule has 0 saturated carbocycles. The molecule has 3 atom stereocenters. The predicted molar refractivity (Wildman–Crippen MR) is 94.5 cm³/mol. The van der Waals surface area contributed by atoms with E-state index in [1.54, 1.807) is 4.90 Å². The number of halogens is 3. The number of imide groups is 1. The van der Waals surface area contributed by atoms with Crippen LogP contribution in [0.5, 0.6) is 0 Å². The van der Waals surface area contributed by atoms with Gasteiger partial charge in [0.05, 0.1) is 11.3 Å². The van der Waals surface area contributed by atoms with Crippen LogP contribution < -0.4 is 15.5 Å². The van der Waals surface area contributed by atoms with E-state index in [1.807, 2.05) is 0 Å². The van der Waals surface area contributed by atoms with Gasteiger partial charge in [0.1, 0.15) is 6.04 Å². The molecule has 1 aromatic rings. The fraction of sp³-hybridized carbons (Fsp3) is 0.526. The van der Waals surface area contributed by atoms with Crippen molar-refractivity contribution in [2.75, 3.05) is 18.0 Å². The van der Waals surface area contributed by atoms with E-state index in [1.165, 1.54) is 0 Å². The van der Waals surface area contributed by atoms with Crippen LogP contribution in [0, 0.1) is 17.5 Å². The number of fused-ring (bicyclic) bond motifs is 3. The van der Waals surface area contributed by atoms with E-state index in [-0.39, 0.29) is 42.7 Å². The second kappa shape index (κ2) is 6.45. The lowest BCUT2D eigenvalue weighted by Gasteiger charge is -2.38. The molecule has 3 unspecified atom stereocenters. The number of carbonyl (C=O) groups is 3. The van der Waals surface area contributed by atoms with Gasteiger partial charge < -0.3 is 15.1 Å². The Morgan fingerprint density at radius 1 is 0.897 bits per heavy atom. The van der Waals surface area contributed by atoms with E-state index in [0.717, 1.165) is 17.7 Å². The van der Waals surface area contributed by atoms with E-state index >= 15 is 0 Å². The smallest absolute Gasteiger partial charge is 0.258 e. The average molecular weight is 408 g/mol. The maximum absolute atomic E-state index is 15.0. The number of rotatable bonds is 2. The number of piperazine rings is 1. The third-order valence-electron chi connectivity index (χ3n) is 6.43. The molecule has 0 radical (unpaired) electrons. The van der Waals surface area contributed by atoms with E-state index < -0.39 is 46.8 Å². The van der Waals surface area contributed by atoms with Crippen molar-refractivity contribution in [2.45, 2.75) is 50.4 Å². The van der Waals surface area contributed by atoms with Crippen LogP contribution in [0.25, 0.3) is 0 Å². The minimum absolute atomic E-state index is 0.0382. The number of carbonyl (C=O) groups excluding carboxylic acids is 3. The molecule has 2 N–H and O–H groups in total. The van der Waals surface area contributed by atoms with Gasteiger partial charge >= 0.3 is 0 Å². The number of nitrogens with zero attached hydrogens (tertiary/aromatic N) is 2. The molecule has 3 amide bonds. The molecule has 0 spiro atoms. The number of anilines is 1. The summed E-state index contributed by atoms with van der Waals surface area (Å²) in [5.41, 5.74) is -0.507. The van der Waals surface area contributed by atoms with Gasteiger partial charge in [-0.2, -0.15) is 0 Å². The summed E-state index contributed by atoms with van der Waals surface area (Å²) < 4.78 is 44.1. The van der Waals surface area contributed by atoms with Crippen LogP contribution >= 0.6 is 0 Å². The molecule has 3 fully saturated rings. The van der Waals surface area contributed by atoms with Crippen molar-refractivity contribution in [3.8, 4) is 0 Å². The SMILES string of the molecule is O=C1CCC(N2Cc3c(c(F)c(F)c(F)c3N3C4CCC3CNC4)C2=O)C(=O)N1. The standard InChI is InChI=1S/C19H19F3N4O3/c20-14-13-10(7-25(19(13)29)11-3-4-12(27)24-18(11)28)17(16(22)15(14)21)26-8-1-2-9(26)6-23-5-8/h8-9,11,23H,1-7H2,(H,24,27,28). The van der Waals surface area contributed by atoms with Crippen LogP contribution in [-0.2, 0) is 16.1 Å². The van der Waals surface area contributed by atoms with Gasteiger partial charge in [0.25, 0.3) is 5.91 Å². The van der Waals surface area contributed by atoms with Crippen LogP contribution in [0.3, 0.4) is 0 Å². The highest BCUT2D eigenvalue weighted by molar-refractivity contribution is 6.06. The molecule has 4 heterocycles. The van der Waals surface area contributed by atoms with E-state index in [2.05, 4.69) is 10.6 Å². The molecule has 5 rings (SSSR count). The zero-order valence-electron chi connectivity index (χ0n) is 15.4. The van der Waals surface area contributed by atoms with Gasteiger partial charge in [0, 0.05) is 43.7 Å². The Hall–Kier alpha value is -2.62. The number of benzene rings is 1. The topological polar surface area (TPSA) is 81.8 Å². The molecular formula is C19H19F3N4O3. The highest BCUT2D eigenvalue weighted by atomic mass is 19.2. The van der Waals surface area contributed by atoms with Crippen molar-refractivity contribution >= 4 is 23.4 Å². The lowest BCUT2D eigenvalue weighted by Crippen LogP contribution is -2.53. The summed E-state index contributed by atoms with van der Waals surface area (Å²) >= 11 is 0. The van der Waals surface area contributed by atoms with Gasteiger partial charge in [0.2, 0.25) is 11.8 Å². The van der Waals surface area contributed by atoms with Crippen molar-refractivity contribution < 1.29 is 27.6 Å². The minimum atomic E-state index is -1.67. The average Bonchev–Trinajstić information content (AvgIpc) is 3.13. The lowest BCUT2D eigenvalue weighted by molar-refractivity contribution is -0.136. The molecular weight excluding hydrogens is 389 g/mol. The summed E-state index contributed by atoms with van der Waals surface area (Å²) in [7, 11) is 0.